The van der Waals surface area contributed by atoms with Crippen LogP contribution >= 0.6 is 39.3 Å². The highest BCUT2D eigenvalue weighted by Crippen LogP contribution is 2.28. The summed E-state index contributed by atoms with van der Waals surface area (Å²) in [7, 11) is 0. The van der Waals surface area contributed by atoms with Gasteiger partial charge in [0.25, 0.3) is 0 Å². The highest BCUT2D eigenvalue weighted by atomic mass is 79.9. The Morgan fingerprint density at radius 3 is 3.00 bits per heavy atom. The van der Waals surface area contributed by atoms with Crippen LogP contribution in [-0.2, 0) is 0 Å². The van der Waals surface area contributed by atoms with Gasteiger partial charge in [-0.3, -0.25) is 4.99 Å². The highest BCUT2D eigenvalue weighted by Gasteiger charge is 2.19. The lowest BCUT2D eigenvalue weighted by atomic mass is 10.1. The van der Waals surface area contributed by atoms with Gasteiger partial charge in [0.2, 0.25) is 0 Å². The minimum Gasteiger partial charge on any atom is -0.335 e. The quantitative estimate of drug-likeness (QED) is 0.829. The molecule has 1 heterocycles. The van der Waals surface area contributed by atoms with Crippen molar-refractivity contribution in [1.82, 2.24) is 0 Å². The summed E-state index contributed by atoms with van der Waals surface area (Å²) in [6.07, 6.45) is 1.15. The first kappa shape index (κ1) is 14.2. The smallest absolute Gasteiger partial charge is 0.161 e. The van der Waals surface area contributed by atoms with Crippen LogP contribution in [0, 0.1) is 5.92 Å². The third-order valence-electron chi connectivity index (χ3n) is 2.63. The van der Waals surface area contributed by atoms with Gasteiger partial charge in [-0.15, -0.1) is 0 Å². The number of nitrogens with one attached hydrogen (secondary N) is 1. The topological polar surface area (TPSA) is 24.4 Å². The molecule has 18 heavy (non-hydrogen) atoms. The number of aliphatic imine (C=N–C) groups is 1. The molecule has 0 fully saturated rings. The molecule has 0 amide bonds. The second-order valence-electron chi connectivity index (χ2n) is 4.78. The molecule has 0 radical (unpaired) electrons. The van der Waals surface area contributed by atoms with E-state index in [2.05, 4.69) is 40.1 Å². The average molecular weight is 348 g/mol. The predicted molar refractivity (Wildman–Crippen MR) is 85.9 cm³/mol. The summed E-state index contributed by atoms with van der Waals surface area (Å²) < 4.78 is 0.911. The Morgan fingerprint density at radius 1 is 1.56 bits per heavy atom. The minimum absolute atomic E-state index is 0.448. The van der Waals surface area contributed by atoms with Crippen molar-refractivity contribution < 1.29 is 0 Å². The van der Waals surface area contributed by atoms with E-state index in [1.165, 1.54) is 0 Å². The molecule has 2 rings (SSSR count). The third kappa shape index (κ3) is 3.90. The lowest BCUT2D eigenvalue weighted by molar-refractivity contribution is 0.529. The summed E-state index contributed by atoms with van der Waals surface area (Å²) in [4.78, 5) is 4.69. The fourth-order valence-electron chi connectivity index (χ4n) is 1.85. The molecule has 1 atom stereocenters. The number of benzene rings is 1. The molecule has 0 saturated heterocycles. The van der Waals surface area contributed by atoms with Crippen molar-refractivity contribution in [3.8, 4) is 0 Å². The van der Waals surface area contributed by atoms with Crippen molar-refractivity contribution in [1.29, 1.82) is 0 Å². The Balaban J connectivity index is 1.99. The lowest BCUT2D eigenvalue weighted by Gasteiger charge is -2.07. The maximum atomic E-state index is 6.06. The number of rotatable bonds is 3. The summed E-state index contributed by atoms with van der Waals surface area (Å²) in [5.74, 6) is 1.77. The van der Waals surface area contributed by atoms with E-state index < -0.39 is 0 Å². The zero-order valence-electron chi connectivity index (χ0n) is 10.4. The molecule has 1 unspecified atom stereocenters. The number of hydrogen-bond donors (Lipinski definition) is 1. The van der Waals surface area contributed by atoms with E-state index in [4.69, 9.17) is 11.6 Å². The zero-order valence-corrected chi connectivity index (χ0v) is 13.6. The van der Waals surface area contributed by atoms with Crippen LogP contribution < -0.4 is 5.32 Å². The van der Waals surface area contributed by atoms with Crippen LogP contribution in [0.5, 0.6) is 0 Å². The Kier molecular flexibility index (Phi) is 4.98. The van der Waals surface area contributed by atoms with Crippen molar-refractivity contribution in [2.24, 2.45) is 10.9 Å². The minimum atomic E-state index is 0.448. The normalized spacial score (nSPS) is 19.2. The van der Waals surface area contributed by atoms with Gasteiger partial charge in [0, 0.05) is 15.9 Å². The molecule has 1 aliphatic rings. The van der Waals surface area contributed by atoms with Gasteiger partial charge in [0.1, 0.15) is 0 Å². The average Bonchev–Trinajstić information content (AvgIpc) is 2.70. The summed E-state index contributed by atoms with van der Waals surface area (Å²) in [5, 5.41) is 5.03. The van der Waals surface area contributed by atoms with Gasteiger partial charge >= 0.3 is 0 Å². The summed E-state index contributed by atoms with van der Waals surface area (Å²) >= 11 is 11.2. The fraction of sp³-hybridized carbons (Fsp3) is 0.462. The summed E-state index contributed by atoms with van der Waals surface area (Å²) in [5.41, 5.74) is 0.986. The van der Waals surface area contributed by atoms with Crippen LogP contribution in [-0.4, -0.2) is 17.0 Å². The Morgan fingerprint density at radius 2 is 2.33 bits per heavy atom. The fourth-order valence-corrected chi connectivity index (χ4v) is 3.25. The van der Waals surface area contributed by atoms with Crippen molar-refractivity contribution in [3.05, 3.63) is 27.7 Å². The molecule has 1 aliphatic heterocycles. The molecule has 1 N–H and O–H groups in total. The standard InChI is InChI=1S/C13H16BrClN2S/c1-8(2)5-10-7-18-13(17-10)16-9-3-4-11(14)12(15)6-9/h3-4,6,8,10H,5,7H2,1-2H3,(H,16,17). The molecular weight excluding hydrogens is 332 g/mol. The first-order valence-corrected chi connectivity index (χ1v) is 8.13. The van der Waals surface area contributed by atoms with Crippen molar-refractivity contribution >= 4 is 50.1 Å². The SMILES string of the molecule is CC(C)CC1CSC(Nc2ccc(Br)c(Cl)c2)=N1. The van der Waals surface area contributed by atoms with Gasteiger partial charge in [-0.05, 0) is 46.5 Å². The van der Waals surface area contributed by atoms with E-state index in [0.29, 0.717) is 17.0 Å². The highest BCUT2D eigenvalue weighted by molar-refractivity contribution is 9.10. The molecule has 2 nitrogen and oxygen atoms in total. The first-order chi connectivity index (χ1) is 8.54. The van der Waals surface area contributed by atoms with Crippen molar-refractivity contribution in [3.63, 3.8) is 0 Å². The second kappa shape index (κ2) is 6.31. The third-order valence-corrected chi connectivity index (χ3v) is 4.89. The van der Waals surface area contributed by atoms with Gasteiger partial charge in [-0.1, -0.05) is 37.2 Å². The van der Waals surface area contributed by atoms with Gasteiger partial charge in [-0.25, -0.2) is 0 Å². The van der Waals surface area contributed by atoms with Gasteiger partial charge in [0.15, 0.2) is 5.17 Å². The van der Waals surface area contributed by atoms with E-state index in [0.717, 1.165) is 27.5 Å². The molecule has 98 valence electrons. The van der Waals surface area contributed by atoms with E-state index >= 15 is 0 Å². The molecule has 0 spiro atoms. The molecule has 0 aromatic heterocycles. The number of halogens is 2. The van der Waals surface area contributed by atoms with E-state index in [-0.39, 0.29) is 0 Å². The van der Waals surface area contributed by atoms with E-state index in [9.17, 15) is 0 Å². The zero-order chi connectivity index (χ0) is 13.1. The first-order valence-electron chi connectivity index (χ1n) is 5.97. The van der Waals surface area contributed by atoms with Crippen LogP contribution in [0.4, 0.5) is 5.69 Å². The van der Waals surface area contributed by atoms with Crippen LogP contribution in [0.2, 0.25) is 5.02 Å². The molecule has 0 saturated carbocycles. The Labute approximate surface area is 126 Å². The number of nitrogens with zero attached hydrogens (tertiary/aromatic N) is 1. The number of anilines is 1. The van der Waals surface area contributed by atoms with Crippen LogP contribution in [0.15, 0.2) is 27.7 Å². The summed E-state index contributed by atoms with van der Waals surface area (Å²) in [6.45, 7) is 4.47. The van der Waals surface area contributed by atoms with Gasteiger partial charge in [0.05, 0.1) is 11.1 Å². The second-order valence-corrected chi connectivity index (χ2v) is 7.05. The molecule has 5 heteroatoms. The maximum Gasteiger partial charge on any atom is 0.161 e. The van der Waals surface area contributed by atoms with E-state index in [1.54, 1.807) is 11.8 Å². The molecule has 0 aliphatic carbocycles. The Bertz CT molecular complexity index is 462. The predicted octanol–water partition coefficient (Wildman–Crippen LogP) is 5.03. The van der Waals surface area contributed by atoms with Crippen LogP contribution in [0.3, 0.4) is 0 Å². The monoisotopic (exact) mass is 346 g/mol. The number of hydrogen-bond acceptors (Lipinski definition) is 3. The number of thioether (sulfide) groups is 1. The molecule has 1 aromatic rings. The summed E-state index contributed by atoms with van der Waals surface area (Å²) in [6, 6.07) is 6.29. The Hall–Kier alpha value is -0.190. The van der Waals surface area contributed by atoms with Crippen LogP contribution in [0.25, 0.3) is 0 Å². The van der Waals surface area contributed by atoms with Gasteiger partial charge < -0.3 is 5.32 Å². The maximum absolute atomic E-state index is 6.06. The lowest BCUT2D eigenvalue weighted by Crippen LogP contribution is -2.08. The molecule has 0 bridgehead atoms. The van der Waals surface area contributed by atoms with Crippen LogP contribution in [0.1, 0.15) is 20.3 Å². The van der Waals surface area contributed by atoms with Gasteiger partial charge in [-0.2, -0.15) is 0 Å². The van der Waals surface area contributed by atoms with Crippen molar-refractivity contribution in [2.75, 3.05) is 11.1 Å². The van der Waals surface area contributed by atoms with E-state index in [1.807, 2.05) is 18.2 Å². The van der Waals surface area contributed by atoms with Crippen molar-refractivity contribution in [2.45, 2.75) is 26.3 Å². The molecular formula is C13H16BrClN2S. The number of amidine groups is 1. The molecule has 1 aromatic carbocycles. The largest absolute Gasteiger partial charge is 0.335 e.